The number of thiazole rings is 1. The fourth-order valence-corrected chi connectivity index (χ4v) is 13.4. The number of fused-ring (bicyclic) bond motifs is 2. The molecule has 17 aromatic rings. The molecular formula is C76H74N36O2S3. The van der Waals surface area contributed by atoms with Gasteiger partial charge < -0.3 is 42.0 Å². The molecule has 0 saturated heterocycles. The van der Waals surface area contributed by atoms with E-state index in [1.165, 1.54) is 43.1 Å². The van der Waals surface area contributed by atoms with Crippen LogP contribution in [0, 0.1) is 20.8 Å². The molecule has 4 aromatic carbocycles. The summed E-state index contributed by atoms with van der Waals surface area (Å²) < 4.78 is 6.39. The highest BCUT2D eigenvalue weighted by Gasteiger charge is 2.27. The fraction of sp³-hybridized carbons (Fsp3) is 0.184. The van der Waals surface area contributed by atoms with Crippen LogP contribution < -0.4 is 42.0 Å². The van der Waals surface area contributed by atoms with E-state index < -0.39 is 0 Å². The number of benzene rings is 4. The molecule has 2 fully saturated rings. The van der Waals surface area contributed by atoms with Crippen LogP contribution in [0.5, 0.6) is 5.75 Å². The van der Waals surface area contributed by atoms with Crippen molar-refractivity contribution in [2.75, 3.05) is 44.3 Å². The first kappa shape index (κ1) is 77.6. The molecule has 0 atom stereocenters. The van der Waals surface area contributed by atoms with Crippen molar-refractivity contribution in [2.24, 2.45) is 0 Å². The number of Topliss-reactive ketones (excluding diaryl/α,β-unsaturated/α-hetero) is 1. The summed E-state index contributed by atoms with van der Waals surface area (Å²) in [7, 11) is 1.65. The van der Waals surface area contributed by atoms with Gasteiger partial charge in [0.15, 0.2) is 40.7 Å². The number of pyridine rings is 1. The van der Waals surface area contributed by atoms with Crippen LogP contribution >= 0.6 is 34.9 Å². The number of rotatable bonds is 26. The maximum absolute atomic E-state index is 11.1. The SMILES string of the molecule is CC(=O)Cc1ccc(Sc2cnnc(Nc3cc(C)[nH]n3)n2)cc1.COc1cccc(Cc2cnnc(Nc3cc(C)[nH]n3)n2)c1.Cc1cc(Nc2nncc(Nc3ccc4cn[nH]c4c3)n2)n[nH]1.c1cncc(CNc2cnnc(Nc3cc(C4CC4)[nH]n3)n2)c1.c1nc2ccc(Sc3cnnc(Nc4cc(C5CC5)[nH]n4)n3)cc2s1. The Labute approximate surface area is 678 Å². The Bertz CT molecular complexity index is 6100. The molecule has 117 heavy (non-hydrogen) atoms. The Kier molecular flexibility index (Phi) is 25.0. The van der Waals surface area contributed by atoms with Gasteiger partial charge in [0.05, 0.1) is 71.2 Å². The minimum Gasteiger partial charge on any atom is -0.497 e. The minimum absolute atomic E-state index is 0.153. The summed E-state index contributed by atoms with van der Waals surface area (Å²) in [5.74, 6) is 8.86. The van der Waals surface area contributed by atoms with E-state index in [0.717, 1.165) is 103 Å². The predicted octanol–water partition coefficient (Wildman–Crippen LogP) is 13.6. The number of ether oxygens (including phenoxy) is 1. The van der Waals surface area contributed by atoms with Gasteiger partial charge in [-0.05, 0) is 137 Å². The number of nitrogens with zero attached hydrogens (tertiary/aromatic N) is 23. The van der Waals surface area contributed by atoms with Crippen LogP contribution in [-0.2, 0) is 24.2 Å². The standard InChI is InChI=1S/C16H13N7S2.C16H16N6OS.C15H16N8.C15H16N6O.C14H13N9/c1-2-9(1)12-6-14(22-21-12)19-16-20-15(7-18-23-16)25-10-3-4-11-13(5-10)24-8-17-11;1-10-7-14(21-20-10)18-16-19-15(9-17-22-16)24-13-5-3-12(4-6-13)8-11(2)23;1-2-10(7-16-5-1)8-17-14-9-18-23-15(20-14)19-13-6-12(21-22-13)11-3-4-11;1-10-6-14(20-19-10)18-15-17-12(9-16-21-15)7-11-4-3-5-13(8-11)22-2;1-8-4-12(22-20-8)18-14-19-13(7-16-23-14)17-10-3-2-9-6-15-21-11(9)5-10/h3-9H,1-2H2,(H2,19,20,21,22,23);3-7,9H,8H2,1-2H3,(H2,18,19,20,21,22);1-2,5-7,9,11H,3-4,8H2,(H3,17,19,20,21,22,23);3-6,8-9H,7H2,1-2H3,(H2,17,18,19,20,21);2-7H,1H3,(H,15,21)(H3,17,18,19,20,22,23). The highest BCUT2D eigenvalue weighted by atomic mass is 32.2. The van der Waals surface area contributed by atoms with Gasteiger partial charge in [0.2, 0.25) is 29.7 Å². The molecule has 0 aliphatic heterocycles. The van der Waals surface area contributed by atoms with Crippen molar-refractivity contribution in [3.05, 3.63) is 233 Å². The number of aromatic amines is 6. The van der Waals surface area contributed by atoms with Crippen LogP contribution in [0.3, 0.4) is 0 Å². The molecule has 588 valence electrons. The van der Waals surface area contributed by atoms with Gasteiger partial charge in [-0.2, -0.15) is 66.1 Å². The van der Waals surface area contributed by atoms with Gasteiger partial charge in [-0.25, -0.2) is 19.9 Å². The molecule has 0 spiro atoms. The third-order valence-electron chi connectivity index (χ3n) is 16.9. The quantitative estimate of drug-likeness (QED) is 0.0239. The van der Waals surface area contributed by atoms with Crippen molar-refractivity contribution in [3.8, 4) is 5.75 Å². The Morgan fingerprint density at radius 3 is 1.62 bits per heavy atom. The number of nitrogens with one attached hydrogen (secondary N) is 13. The number of ketones is 1. The summed E-state index contributed by atoms with van der Waals surface area (Å²) >= 11 is 4.66. The highest BCUT2D eigenvalue weighted by Crippen LogP contribution is 2.41. The van der Waals surface area contributed by atoms with Crippen LogP contribution in [0.15, 0.2) is 202 Å². The van der Waals surface area contributed by atoms with E-state index in [2.05, 4.69) is 190 Å². The number of carbonyl (C=O) groups excluding carboxylic acids is 1. The summed E-state index contributed by atoms with van der Waals surface area (Å²) in [4.78, 5) is 43.7. The van der Waals surface area contributed by atoms with Crippen molar-refractivity contribution >= 4 is 138 Å². The first-order valence-electron chi connectivity index (χ1n) is 36.5. The largest absolute Gasteiger partial charge is 0.497 e. The van der Waals surface area contributed by atoms with Gasteiger partial charge >= 0.3 is 0 Å². The maximum atomic E-state index is 11.1. The molecule has 0 bridgehead atoms. The summed E-state index contributed by atoms with van der Waals surface area (Å²) in [5.41, 5.74) is 13.9. The van der Waals surface area contributed by atoms with Crippen molar-refractivity contribution in [1.82, 2.24) is 147 Å². The molecule has 41 heteroatoms. The summed E-state index contributed by atoms with van der Waals surface area (Å²) in [5, 5.41) is 106. The predicted molar refractivity (Wildman–Crippen MR) is 442 cm³/mol. The average Bonchev–Trinajstić information content (AvgIpc) is 1.68. The lowest BCUT2D eigenvalue weighted by atomic mass is 10.1. The number of anilines is 13. The van der Waals surface area contributed by atoms with Gasteiger partial charge in [-0.1, -0.05) is 53.9 Å². The molecule has 19 rings (SSSR count). The number of H-pyrrole nitrogens is 6. The molecule has 2 saturated carbocycles. The Morgan fingerprint density at radius 2 is 1.03 bits per heavy atom. The van der Waals surface area contributed by atoms with Gasteiger partial charge in [0.25, 0.3) is 0 Å². The van der Waals surface area contributed by atoms with Crippen LogP contribution in [0.4, 0.5) is 76.2 Å². The van der Waals surface area contributed by atoms with Crippen molar-refractivity contribution in [3.63, 3.8) is 0 Å². The topological polar surface area (TPSA) is 502 Å². The molecule has 38 nitrogen and oxygen atoms in total. The van der Waals surface area contributed by atoms with E-state index in [-0.39, 0.29) is 5.78 Å². The highest BCUT2D eigenvalue weighted by molar-refractivity contribution is 7.99. The molecule has 2 aliphatic rings. The molecule has 0 unspecified atom stereocenters. The monoisotopic (exact) mass is 1620 g/mol. The normalized spacial score (nSPS) is 12.0. The fourth-order valence-electron chi connectivity index (χ4n) is 11.1. The molecule has 13 heterocycles. The van der Waals surface area contributed by atoms with E-state index in [1.54, 1.807) is 80.5 Å². The second-order valence-electron chi connectivity index (χ2n) is 26.5. The number of methoxy groups -OCH3 is 1. The zero-order valence-corrected chi connectivity index (χ0v) is 65.7. The second kappa shape index (κ2) is 37.7. The summed E-state index contributed by atoms with van der Waals surface area (Å²) in [6.07, 6.45) is 19.4. The molecule has 2 aliphatic carbocycles. The smallest absolute Gasteiger partial charge is 0.250 e. The van der Waals surface area contributed by atoms with Crippen molar-refractivity contribution in [1.29, 1.82) is 0 Å². The van der Waals surface area contributed by atoms with Crippen LogP contribution in [0.1, 0.15) is 95.3 Å². The van der Waals surface area contributed by atoms with Crippen LogP contribution in [0.25, 0.3) is 21.1 Å². The minimum atomic E-state index is 0.153. The number of hydrogen-bond acceptors (Lipinski definition) is 35. The third kappa shape index (κ3) is 23.2. The lowest BCUT2D eigenvalue weighted by Gasteiger charge is -2.06. The molecule has 13 aromatic heterocycles. The molecule has 0 radical (unpaired) electrons. The van der Waals surface area contributed by atoms with E-state index in [9.17, 15) is 4.79 Å². The average molecular weight is 1620 g/mol. The lowest BCUT2D eigenvalue weighted by molar-refractivity contribution is -0.116. The summed E-state index contributed by atoms with van der Waals surface area (Å²) in [6.45, 7) is 7.97. The van der Waals surface area contributed by atoms with E-state index in [4.69, 9.17) is 4.74 Å². The van der Waals surface area contributed by atoms with Crippen molar-refractivity contribution in [2.45, 2.75) is 104 Å². The van der Waals surface area contributed by atoms with Crippen LogP contribution in [-0.4, -0.2) is 160 Å². The maximum Gasteiger partial charge on any atom is 0.250 e. The number of aryl methyl sites for hydroxylation is 3. The zero-order chi connectivity index (χ0) is 80.1. The number of carbonyl (C=O) groups is 1. The molecule has 0 amide bonds. The van der Waals surface area contributed by atoms with Gasteiger partial charge in [-0.15, -0.1) is 36.8 Å². The van der Waals surface area contributed by atoms with E-state index in [0.29, 0.717) is 95.9 Å². The van der Waals surface area contributed by atoms with Gasteiger partial charge in [-0.3, -0.25) is 40.4 Å². The van der Waals surface area contributed by atoms with Gasteiger partial charge in [0.1, 0.15) is 21.6 Å². The van der Waals surface area contributed by atoms with Crippen LogP contribution in [0.2, 0.25) is 0 Å². The second-order valence-corrected chi connectivity index (χ2v) is 29.6. The number of aromatic nitrogens is 29. The lowest BCUT2D eigenvalue weighted by Crippen LogP contribution is -2.05. The van der Waals surface area contributed by atoms with E-state index in [1.807, 2.05) is 154 Å². The number of hydrogen-bond donors (Lipinski definition) is 13. The van der Waals surface area contributed by atoms with E-state index >= 15 is 0 Å². The molecular weight excluding hydrogens is 1550 g/mol. The first-order valence-corrected chi connectivity index (χ1v) is 39.0. The zero-order valence-electron chi connectivity index (χ0n) is 63.3. The Morgan fingerprint density at radius 1 is 0.487 bits per heavy atom. The Balaban J connectivity index is 0.000000115. The summed E-state index contributed by atoms with van der Waals surface area (Å²) in [6, 6.07) is 41.2. The van der Waals surface area contributed by atoms with Crippen molar-refractivity contribution < 1.29 is 9.53 Å². The van der Waals surface area contributed by atoms with Gasteiger partial charge in [0, 0.05) is 123 Å². The molecule has 13 N–H and O–H groups in total. The Hall–Kier alpha value is -14.7. The first-order chi connectivity index (χ1) is 57.3. The third-order valence-corrected chi connectivity index (χ3v) is 19.5.